The van der Waals surface area contributed by atoms with Crippen LogP contribution in [0.4, 0.5) is 18.6 Å². The summed E-state index contributed by atoms with van der Waals surface area (Å²) >= 11 is 3.79. The summed E-state index contributed by atoms with van der Waals surface area (Å²) in [5.74, 6) is -2.71. The average molecular weight is 518 g/mol. The van der Waals surface area contributed by atoms with E-state index in [1.807, 2.05) is 0 Å². The van der Waals surface area contributed by atoms with E-state index in [-0.39, 0.29) is 26.5 Å². The number of hydrogen-bond donors (Lipinski definition) is 3. The van der Waals surface area contributed by atoms with Crippen LogP contribution in [-0.2, 0) is 6.61 Å². The molecule has 0 spiro atoms. The fraction of sp³-hybridized carbons (Fsp3) is 0.421. The number of anilines is 1. The van der Waals surface area contributed by atoms with Gasteiger partial charge in [0.25, 0.3) is 5.91 Å². The number of amides is 3. The van der Waals surface area contributed by atoms with Gasteiger partial charge >= 0.3 is 6.03 Å². The molecule has 2 aromatic rings. The smallest absolute Gasteiger partial charge is 0.319 e. The quantitative estimate of drug-likeness (QED) is 0.441. The lowest BCUT2D eigenvalue weighted by Crippen LogP contribution is -2.32. The summed E-state index contributed by atoms with van der Waals surface area (Å²) in [6.45, 7) is 3.06. The molecule has 0 aliphatic carbocycles. The molecule has 2 heterocycles. The van der Waals surface area contributed by atoms with Crippen molar-refractivity contribution in [2.75, 3.05) is 31.5 Å². The van der Waals surface area contributed by atoms with Crippen LogP contribution >= 0.6 is 27.5 Å². The van der Waals surface area contributed by atoms with E-state index < -0.39 is 30.2 Å². The predicted octanol–water partition coefficient (Wildman–Crippen LogP) is 3.47. The Morgan fingerprint density at radius 3 is 2.58 bits per heavy atom. The van der Waals surface area contributed by atoms with Gasteiger partial charge in [0.15, 0.2) is 0 Å². The maximum absolute atomic E-state index is 14.0. The lowest BCUT2D eigenvalue weighted by atomic mass is 10.2. The van der Waals surface area contributed by atoms with E-state index in [0.29, 0.717) is 6.54 Å². The standard InChI is InChI=1S/C19H22BrF2N5O3S/c20-11-8-13(21)12(14(22)9-11)10-30-17-15(16(23)28)18(31-26-17)25-19(29)24-4-3-7-27-5-1-2-6-27/h8-9H,1-7,10H2,(H2,23,28)(H2,24,25,29). The number of benzene rings is 1. The Kier molecular flexibility index (Phi) is 8.15. The zero-order chi connectivity index (χ0) is 22.4. The third-order valence-corrected chi connectivity index (χ3v) is 5.93. The molecule has 0 saturated carbocycles. The number of nitrogens with two attached hydrogens (primary N) is 1. The van der Waals surface area contributed by atoms with Crippen molar-refractivity contribution in [2.24, 2.45) is 5.73 Å². The minimum atomic E-state index is -0.884. The van der Waals surface area contributed by atoms with Crippen LogP contribution < -0.4 is 21.1 Å². The first kappa shape index (κ1) is 23.4. The van der Waals surface area contributed by atoms with Crippen molar-refractivity contribution in [3.63, 3.8) is 0 Å². The van der Waals surface area contributed by atoms with E-state index >= 15 is 0 Å². The molecule has 0 unspecified atom stereocenters. The van der Waals surface area contributed by atoms with E-state index in [4.69, 9.17) is 10.5 Å². The van der Waals surface area contributed by atoms with E-state index in [1.54, 1.807) is 0 Å². The van der Waals surface area contributed by atoms with Crippen LogP contribution in [0.15, 0.2) is 16.6 Å². The predicted molar refractivity (Wildman–Crippen MR) is 116 cm³/mol. The summed E-state index contributed by atoms with van der Waals surface area (Å²) in [6, 6.07) is 1.68. The molecular weight excluding hydrogens is 496 g/mol. The molecule has 1 aromatic carbocycles. The van der Waals surface area contributed by atoms with Crippen molar-refractivity contribution < 1.29 is 23.1 Å². The molecule has 1 aliphatic rings. The summed E-state index contributed by atoms with van der Waals surface area (Å²) in [6.07, 6.45) is 3.22. The van der Waals surface area contributed by atoms with Crippen LogP contribution in [-0.4, -0.2) is 47.4 Å². The highest BCUT2D eigenvalue weighted by atomic mass is 79.9. The molecule has 0 atom stereocenters. The molecule has 1 aromatic heterocycles. The number of aromatic nitrogens is 1. The average Bonchev–Trinajstić information content (AvgIpc) is 3.34. The molecule has 0 radical (unpaired) electrons. The second kappa shape index (κ2) is 10.8. The molecule has 4 N–H and O–H groups in total. The molecule has 31 heavy (non-hydrogen) atoms. The first-order valence-corrected chi connectivity index (χ1v) is 11.2. The second-order valence-corrected chi connectivity index (χ2v) is 8.67. The van der Waals surface area contributed by atoms with Gasteiger partial charge in [-0.25, -0.2) is 13.6 Å². The molecule has 1 aliphatic heterocycles. The van der Waals surface area contributed by atoms with Crippen molar-refractivity contribution in [1.29, 1.82) is 0 Å². The van der Waals surface area contributed by atoms with Gasteiger partial charge in [-0.2, -0.15) is 4.37 Å². The first-order chi connectivity index (χ1) is 14.8. The Hall–Kier alpha value is -2.31. The van der Waals surface area contributed by atoms with E-state index in [9.17, 15) is 18.4 Å². The molecule has 0 bridgehead atoms. The Bertz CT molecular complexity index is 930. The number of urea groups is 1. The van der Waals surface area contributed by atoms with E-state index in [0.717, 1.165) is 49.7 Å². The summed E-state index contributed by atoms with van der Waals surface area (Å²) in [5, 5.41) is 5.33. The number of ether oxygens (including phenoxy) is 1. The topological polar surface area (TPSA) is 110 Å². The van der Waals surface area contributed by atoms with Gasteiger partial charge in [0, 0.05) is 11.0 Å². The highest BCUT2D eigenvalue weighted by Crippen LogP contribution is 2.31. The Labute approximate surface area is 190 Å². The largest absolute Gasteiger partial charge is 0.471 e. The van der Waals surface area contributed by atoms with E-state index in [1.165, 1.54) is 12.8 Å². The van der Waals surface area contributed by atoms with Gasteiger partial charge in [0.1, 0.15) is 28.8 Å². The van der Waals surface area contributed by atoms with Crippen LogP contribution in [0.5, 0.6) is 5.88 Å². The maximum Gasteiger partial charge on any atom is 0.319 e. The van der Waals surface area contributed by atoms with Crippen molar-refractivity contribution in [2.45, 2.75) is 25.9 Å². The van der Waals surface area contributed by atoms with Gasteiger partial charge in [0.2, 0.25) is 5.88 Å². The number of hydrogen-bond acceptors (Lipinski definition) is 6. The van der Waals surface area contributed by atoms with Crippen molar-refractivity contribution >= 4 is 44.4 Å². The van der Waals surface area contributed by atoms with Crippen LogP contribution in [0.1, 0.15) is 35.2 Å². The SMILES string of the molecule is NC(=O)c1c(OCc2c(F)cc(Br)cc2F)nsc1NC(=O)NCCCN1CCCC1. The van der Waals surface area contributed by atoms with E-state index in [2.05, 4.69) is 35.8 Å². The zero-order valence-electron chi connectivity index (χ0n) is 16.6. The van der Waals surface area contributed by atoms with Crippen LogP contribution in [0.3, 0.4) is 0 Å². The molecule has 1 fully saturated rings. The summed E-state index contributed by atoms with van der Waals surface area (Å²) < 4.78 is 37.5. The molecule has 3 amide bonds. The molecule has 12 heteroatoms. The number of halogens is 3. The fourth-order valence-corrected chi connectivity index (χ4v) is 4.32. The molecular formula is C19H22BrF2N5O3S. The number of likely N-dealkylation sites (tertiary alicyclic amines) is 1. The molecule has 3 rings (SSSR count). The third-order valence-electron chi connectivity index (χ3n) is 4.73. The monoisotopic (exact) mass is 517 g/mol. The number of nitrogens with one attached hydrogen (secondary N) is 2. The number of carbonyl (C=O) groups excluding carboxylic acids is 2. The number of carbonyl (C=O) groups is 2. The van der Waals surface area contributed by atoms with Crippen molar-refractivity contribution in [3.8, 4) is 5.88 Å². The number of rotatable bonds is 9. The second-order valence-electron chi connectivity index (χ2n) is 6.98. The zero-order valence-corrected chi connectivity index (χ0v) is 19.0. The Balaban J connectivity index is 1.57. The van der Waals surface area contributed by atoms with Gasteiger partial charge in [0.05, 0.1) is 5.56 Å². The highest BCUT2D eigenvalue weighted by molar-refractivity contribution is 9.10. The highest BCUT2D eigenvalue weighted by Gasteiger charge is 2.23. The fourth-order valence-electron chi connectivity index (χ4n) is 3.19. The molecule has 8 nitrogen and oxygen atoms in total. The van der Waals surface area contributed by atoms with Gasteiger partial charge in [-0.1, -0.05) is 15.9 Å². The van der Waals surface area contributed by atoms with Gasteiger partial charge in [-0.05, 0) is 62.6 Å². The maximum atomic E-state index is 14.0. The number of nitrogens with zero attached hydrogens (tertiary/aromatic N) is 2. The van der Waals surface area contributed by atoms with Gasteiger partial charge in [-0.3, -0.25) is 10.1 Å². The van der Waals surface area contributed by atoms with Crippen molar-refractivity contribution in [3.05, 3.63) is 39.4 Å². The summed E-state index contributed by atoms with van der Waals surface area (Å²) in [4.78, 5) is 26.3. The summed E-state index contributed by atoms with van der Waals surface area (Å²) in [5.41, 5.74) is 4.91. The summed E-state index contributed by atoms with van der Waals surface area (Å²) in [7, 11) is 0. The van der Waals surface area contributed by atoms with Crippen LogP contribution in [0, 0.1) is 11.6 Å². The lowest BCUT2D eigenvalue weighted by Gasteiger charge is -2.14. The van der Waals surface area contributed by atoms with Gasteiger partial charge < -0.3 is 20.7 Å². The van der Waals surface area contributed by atoms with Crippen molar-refractivity contribution in [1.82, 2.24) is 14.6 Å². The minimum Gasteiger partial charge on any atom is -0.471 e. The van der Waals surface area contributed by atoms with Crippen LogP contribution in [0.2, 0.25) is 0 Å². The number of primary amides is 1. The van der Waals surface area contributed by atoms with Crippen LogP contribution in [0.25, 0.3) is 0 Å². The first-order valence-electron chi connectivity index (χ1n) is 9.68. The van der Waals surface area contributed by atoms with Gasteiger partial charge in [-0.15, -0.1) is 0 Å². The Morgan fingerprint density at radius 1 is 1.26 bits per heavy atom. The molecule has 168 valence electrons. The molecule has 1 saturated heterocycles. The normalized spacial score (nSPS) is 13.9. The lowest BCUT2D eigenvalue weighted by molar-refractivity contribution is 0.0996. The third kappa shape index (κ3) is 6.34. The minimum absolute atomic E-state index is 0.0938. The Morgan fingerprint density at radius 2 is 1.94 bits per heavy atom.